The van der Waals surface area contributed by atoms with Crippen LogP contribution < -0.4 is 5.32 Å². The van der Waals surface area contributed by atoms with E-state index < -0.39 is 10.0 Å². The summed E-state index contributed by atoms with van der Waals surface area (Å²) in [5.41, 5.74) is 4.76. The molecule has 8 heteroatoms. The zero-order valence-corrected chi connectivity index (χ0v) is 25.2. The van der Waals surface area contributed by atoms with Crippen molar-refractivity contribution in [1.82, 2.24) is 14.5 Å². The van der Waals surface area contributed by atoms with Gasteiger partial charge in [0.1, 0.15) is 0 Å². The third-order valence-corrected chi connectivity index (χ3v) is 9.01. The molecule has 0 aliphatic rings. The van der Waals surface area contributed by atoms with Crippen LogP contribution in [-0.2, 0) is 27.9 Å². The molecule has 0 fully saturated rings. The van der Waals surface area contributed by atoms with Crippen LogP contribution in [0.4, 0.5) is 0 Å². The van der Waals surface area contributed by atoms with Crippen LogP contribution in [-0.4, -0.2) is 50.7 Å². The fourth-order valence-corrected chi connectivity index (χ4v) is 6.37. The zero-order chi connectivity index (χ0) is 29.4. The number of halogens is 1. The number of sulfonamides is 1. The minimum Gasteiger partial charge on any atom is -0.351 e. The van der Waals surface area contributed by atoms with Crippen molar-refractivity contribution in [3.05, 3.63) is 125 Å². The molecule has 0 radical (unpaired) electrons. The predicted molar refractivity (Wildman–Crippen MR) is 166 cm³/mol. The minimum atomic E-state index is -3.97. The molecule has 4 aromatic rings. The van der Waals surface area contributed by atoms with E-state index in [0.717, 1.165) is 28.8 Å². The number of nitrogens with zero attached hydrogens (tertiary/aromatic N) is 2. The summed E-state index contributed by atoms with van der Waals surface area (Å²) >= 11 is 6.34. The van der Waals surface area contributed by atoms with Gasteiger partial charge >= 0.3 is 0 Å². The Labute approximate surface area is 248 Å². The number of hydrogen-bond donors (Lipinski definition) is 1. The molecule has 0 aromatic heterocycles. The van der Waals surface area contributed by atoms with E-state index in [2.05, 4.69) is 10.2 Å². The lowest BCUT2D eigenvalue weighted by Crippen LogP contribution is -2.42. The van der Waals surface area contributed by atoms with E-state index in [1.54, 1.807) is 30.3 Å². The van der Waals surface area contributed by atoms with Gasteiger partial charge in [-0.1, -0.05) is 103 Å². The van der Waals surface area contributed by atoms with E-state index in [4.69, 9.17) is 11.6 Å². The van der Waals surface area contributed by atoms with E-state index in [1.807, 2.05) is 93.8 Å². The number of benzene rings is 4. The quantitative estimate of drug-likeness (QED) is 0.214. The molecular weight excluding hydrogens is 554 g/mol. The van der Waals surface area contributed by atoms with Crippen LogP contribution in [0.3, 0.4) is 0 Å². The molecule has 1 unspecified atom stereocenters. The Morgan fingerprint density at radius 2 is 1.44 bits per heavy atom. The van der Waals surface area contributed by atoms with Gasteiger partial charge in [0.25, 0.3) is 0 Å². The largest absolute Gasteiger partial charge is 0.351 e. The molecule has 214 valence electrons. The highest BCUT2D eigenvalue weighted by atomic mass is 35.5. The second-order valence-electron chi connectivity index (χ2n) is 10.4. The van der Waals surface area contributed by atoms with Crippen molar-refractivity contribution in [2.45, 2.75) is 30.8 Å². The Bertz CT molecular complexity index is 1540. The number of hydrogen-bond acceptors (Lipinski definition) is 4. The Morgan fingerprint density at radius 1 is 0.829 bits per heavy atom. The molecule has 1 N–H and O–H groups in total. The summed E-state index contributed by atoms with van der Waals surface area (Å²) in [6.07, 6.45) is 0. The number of amides is 1. The van der Waals surface area contributed by atoms with E-state index in [1.165, 1.54) is 9.87 Å². The average molecular weight is 590 g/mol. The molecule has 1 atom stereocenters. The van der Waals surface area contributed by atoms with Crippen molar-refractivity contribution in [2.24, 2.45) is 0 Å². The molecule has 1 amide bonds. The zero-order valence-electron chi connectivity index (χ0n) is 23.6. The summed E-state index contributed by atoms with van der Waals surface area (Å²) in [7, 11) is 0.0539. The molecule has 6 nitrogen and oxygen atoms in total. The number of rotatable bonds is 12. The molecule has 41 heavy (non-hydrogen) atoms. The van der Waals surface area contributed by atoms with Crippen LogP contribution >= 0.6 is 11.6 Å². The molecule has 0 heterocycles. The van der Waals surface area contributed by atoms with E-state index in [-0.39, 0.29) is 29.8 Å². The van der Waals surface area contributed by atoms with E-state index >= 15 is 0 Å². The van der Waals surface area contributed by atoms with Gasteiger partial charge in [-0.25, -0.2) is 8.42 Å². The molecule has 4 aromatic carbocycles. The van der Waals surface area contributed by atoms with Crippen molar-refractivity contribution in [1.29, 1.82) is 0 Å². The van der Waals surface area contributed by atoms with Crippen LogP contribution in [0.15, 0.2) is 108 Å². The normalized spacial score (nSPS) is 12.4. The molecule has 4 rings (SSSR count). The van der Waals surface area contributed by atoms with Crippen molar-refractivity contribution in [3.63, 3.8) is 0 Å². The number of nitrogens with one attached hydrogen (secondary N) is 1. The van der Waals surface area contributed by atoms with Crippen LogP contribution in [0.5, 0.6) is 0 Å². The second kappa shape index (κ2) is 13.9. The molecule has 0 aliphatic heterocycles. The van der Waals surface area contributed by atoms with Crippen molar-refractivity contribution < 1.29 is 13.2 Å². The molecule has 0 saturated heterocycles. The molecule has 0 spiro atoms. The first-order valence-electron chi connectivity index (χ1n) is 13.5. The maximum Gasteiger partial charge on any atom is 0.243 e. The molecular formula is C33H36ClN3O3S. The first kappa shape index (κ1) is 30.5. The fourth-order valence-electron chi connectivity index (χ4n) is 4.64. The highest BCUT2D eigenvalue weighted by Gasteiger charge is 2.28. The van der Waals surface area contributed by atoms with Gasteiger partial charge in [0.2, 0.25) is 15.9 Å². The Balaban J connectivity index is 1.52. The van der Waals surface area contributed by atoms with Crippen molar-refractivity contribution in [2.75, 3.05) is 27.2 Å². The van der Waals surface area contributed by atoms with Gasteiger partial charge in [0.15, 0.2) is 0 Å². The first-order chi connectivity index (χ1) is 19.6. The summed E-state index contributed by atoms with van der Waals surface area (Å²) in [4.78, 5) is 15.3. The smallest absolute Gasteiger partial charge is 0.243 e. The standard InChI is InChI=1S/C33H36ClN3O3S/c1-25(28-9-5-4-6-10-28)22-37(24-33(38)35-21-26-13-15-27(16-14-26)23-36(2)3)41(39,40)30-19-17-29(18-20-30)31-11-7-8-12-32(31)34/h4-20,25H,21-24H2,1-3H3,(H,35,38). The van der Waals surface area contributed by atoms with E-state index in [0.29, 0.717) is 11.6 Å². The summed E-state index contributed by atoms with van der Waals surface area (Å²) in [5.74, 6) is -0.482. The average Bonchev–Trinajstić information content (AvgIpc) is 2.97. The predicted octanol–water partition coefficient (Wildman–Crippen LogP) is 6.18. The lowest BCUT2D eigenvalue weighted by atomic mass is 10.0. The lowest BCUT2D eigenvalue weighted by molar-refractivity contribution is -0.121. The third-order valence-electron chi connectivity index (χ3n) is 6.85. The topological polar surface area (TPSA) is 69.7 Å². The number of carbonyl (C=O) groups excluding carboxylic acids is 1. The second-order valence-corrected chi connectivity index (χ2v) is 12.8. The van der Waals surface area contributed by atoms with Crippen LogP contribution in [0, 0.1) is 0 Å². The summed E-state index contributed by atoms with van der Waals surface area (Å²) in [6.45, 7) is 2.98. The molecule has 0 aliphatic carbocycles. The maximum absolute atomic E-state index is 13.9. The van der Waals surface area contributed by atoms with Gasteiger partial charge in [0, 0.05) is 30.2 Å². The van der Waals surface area contributed by atoms with Gasteiger partial charge < -0.3 is 10.2 Å². The Kier molecular flexibility index (Phi) is 10.3. The summed E-state index contributed by atoms with van der Waals surface area (Å²) in [5, 5.41) is 3.48. The van der Waals surface area contributed by atoms with Crippen LogP contribution in [0.1, 0.15) is 29.5 Å². The Hall–Kier alpha value is -3.49. The molecule has 0 saturated carbocycles. The lowest BCUT2D eigenvalue weighted by Gasteiger charge is -2.25. The van der Waals surface area contributed by atoms with Gasteiger partial charge in [-0.05, 0) is 60.5 Å². The highest BCUT2D eigenvalue weighted by Crippen LogP contribution is 2.29. The van der Waals surface area contributed by atoms with Crippen molar-refractivity contribution >= 4 is 27.5 Å². The maximum atomic E-state index is 13.9. The number of carbonyl (C=O) groups is 1. The van der Waals surface area contributed by atoms with Crippen LogP contribution in [0.25, 0.3) is 11.1 Å². The SMILES string of the molecule is CC(CN(CC(=O)NCc1ccc(CN(C)C)cc1)S(=O)(=O)c1ccc(-c2ccccc2Cl)cc1)c1ccccc1. The fraction of sp³-hybridized carbons (Fsp3) is 0.242. The van der Waals surface area contributed by atoms with E-state index in [9.17, 15) is 13.2 Å². The van der Waals surface area contributed by atoms with Crippen LogP contribution in [0.2, 0.25) is 5.02 Å². The van der Waals surface area contributed by atoms with Gasteiger partial charge in [-0.2, -0.15) is 4.31 Å². The Morgan fingerprint density at radius 3 is 2.07 bits per heavy atom. The summed E-state index contributed by atoms with van der Waals surface area (Å²) in [6, 6.07) is 31.8. The van der Waals surface area contributed by atoms with Crippen molar-refractivity contribution in [3.8, 4) is 11.1 Å². The third kappa shape index (κ3) is 8.27. The minimum absolute atomic E-state index is 0.120. The highest BCUT2D eigenvalue weighted by molar-refractivity contribution is 7.89. The van der Waals surface area contributed by atoms with Gasteiger partial charge in [-0.3, -0.25) is 4.79 Å². The summed E-state index contributed by atoms with van der Waals surface area (Å²) < 4.78 is 29.0. The monoisotopic (exact) mass is 589 g/mol. The first-order valence-corrected chi connectivity index (χ1v) is 15.3. The van der Waals surface area contributed by atoms with Gasteiger partial charge in [-0.15, -0.1) is 0 Å². The molecule has 0 bridgehead atoms. The van der Waals surface area contributed by atoms with Gasteiger partial charge in [0.05, 0.1) is 11.4 Å².